The summed E-state index contributed by atoms with van der Waals surface area (Å²) in [5.41, 5.74) is 5.93. The van der Waals surface area contributed by atoms with E-state index >= 15 is 0 Å². The molecule has 2 aromatic rings. The van der Waals surface area contributed by atoms with Crippen LogP contribution in [-0.2, 0) is 0 Å². The van der Waals surface area contributed by atoms with E-state index in [1.165, 1.54) is 11.3 Å². The maximum absolute atomic E-state index is 12.6. The van der Waals surface area contributed by atoms with Crippen molar-refractivity contribution in [2.75, 3.05) is 13.2 Å². The Labute approximate surface area is 144 Å². The molecule has 0 unspecified atom stereocenters. The third kappa shape index (κ3) is 4.92. The normalized spacial score (nSPS) is 12.0. The van der Waals surface area contributed by atoms with E-state index in [9.17, 15) is 4.79 Å². The predicted octanol–water partition coefficient (Wildman–Crippen LogP) is 3.41. The highest BCUT2D eigenvalue weighted by Crippen LogP contribution is 2.25. The first kappa shape index (κ1) is 17.7. The number of hydrogen-bond donors (Lipinski definition) is 2. The maximum atomic E-state index is 12.6. The molecule has 0 saturated heterocycles. The molecule has 1 amide bonds. The first-order valence-corrected chi connectivity index (χ1v) is 8.74. The van der Waals surface area contributed by atoms with Gasteiger partial charge in [0.15, 0.2) is 0 Å². The number of nitrogens with two attached hydrogens (primary N) is 1. The van der Waals surface area contributed by atoms with Crippen molar-refractivity contribution in [3.05, 3.63) is 45.4 Å². The summed E-state index contributed by atoms with van der Waals surface area (Å²) in [6, 6.07) is 4.88. The highest BCUT2D eigenvalue weighted by atomic mass is 35.5. The average Bonchev–Trinajstić information content (AvgIpc) is 3.07. The molecule has 23 heavy (non-hydrogen) atoms. The van der Waals surface area contributed by atoms with Gasteiger partial charge in [0.2, 0.25) is 0 Å². The van der Waals surface area contributed by atoms with Gasteiger partial charge in [0.05, 0.1) is 18.2 Å². The summed E-state index contributed by atoms with van der Waals surface area (Å²) in [7, 11) is 0. The van der Waals surface area contributed by atoms with E-state index in [-0.39, 0.29) is 11.9 Å². The van der Waals surface area contributed by atoms with Crippen LogP contribution in [0.3, 0.4) is 0 Å². The van der Waals surface area contributed by atoms with Crippen LogP contribution in [0.15, 0.2) is 29.8 Å². The van der Waals surface area contributed by atoms with Crippen LogP contribution in [0.4, 0.5) is 0 Å². The molecule has 7 heteroatoms. The Morgan fingerprint density at radius 3 is 3.00 bits per heavy atom. The summed E-state index contributed by atoms with van der Waals surface area (Å²) in [5, 5.41) is 6.31. The van der Waals surface area contributed by atoms with Crippen LogP contribution in [0, 0.1) is 0 Å². The summed E-state index contributed by atoms with van der Waals surface area (Å²) in [6.45, 7) is 2.98. The molecule has 1 aromatic heterocycles. The van der Waals surface area contributed by atoms with Gasteiger partial charge in [-0.2, -0.15) is 0 Å². The van der Waals surface area contributed by atoms with E-state index in [1.54, 1.807) is 24.4 Å². The molecular formula is C16H20ClN3O2S. The molecule has 5 nitrogen and oxygen atoms in total. The zero-order chi connectivity index (χ0) is 16.7. The summed E-state index contributed by atoms with van der Waals surface area (Å²) in [6.07, 6.45) is 3.21. The highest BCUT2D eigenvalue weighted by molar-refractivity contribution is 7.09. The molecule has 3 N–H and O–H groups in total. The second-order valence-corrected chi connectivity index (χ2v) is 6.30. The number of ether oxygens (including phenoxy) is 1. The van der Waals surface area contributed by atoms with Crippen LogP contribution >= 0.6 is 22.9 Å². The van der Waals surface area contributed by atoms with Gasteiger partial charge < -0.3 is 15.8 Å². The lowest BCUT2D eigenvalue weighted by atomic mass is 10.1. The van der Waals surface area contributed by atoms with Gasteiger partial charge in [0.25, 0.3) is 5.91 Å². The lowest BCUT2D eigenvalue weighted by Crippen LogP contribution is -2.28. The van der Waals surface area contributed by atoms with Gasteiger partial charge in [0, 0.05) is 16.6 Å². The van der Waals surface area contributed by atoms with Crippen LogP contribution in [-0.4, -0.2) is 24.0 Å². The largest absolute Gasteiger partial charge is 0.493 e. The molecule has 1 heterocycles. The monoisotopic (exact) mass is 353 g/mol. The van der Waals surface area contributed by atoms with Crippen molar-refractivity contribution in [2.24, 2.45) is 5.73 Å². The lowest BCUT2D eigenvalue weighted by Gasteiger charge is -2.16. The van der Waals surface area contributed by atoms with E-state index in [0.717, 1.165) is 11.4 Å². The fraction of sp³-hybridized carbons (Fsp3) is 0.375. The standard InChI is InChI=1S/C16H20ClN3O2S/c1-2-13(16-19-7-9-23-16)20-15(21)12-5-4-11(17)10-14(12)22-8-3-6-18/h4-5,7,9-10,13H,2-3,6,8,18H2,1H3,(H,20,21)/t13-/m0/s1. The Kier molecular flexibility index (Phi) is 6.83. The maximum Gasteiger partial charge on any atom is 0.255 e. The highest BCUT2D eigenvalue weighted by Gasteiger charge is 2.19. The summed E-state index contributed by atoms with van der Waals surface area (Å²) >= 11 is 7.53. The fourth-order valence-electron chi connectivity index (χ4n) is 2.05. The van der Waals surface area contributed by atoms with E-state index < -0.39 is 0 Å². The molecule has 0 aliphatic carbocycles. The number of hydrogen-bond acceptors (Lipinski definition) is 5. The fourth-order valence-corrected chi connectivity index (χ4v) is 2.98. The van der Waals surface area contributed by atoms with Gasteiger partial charge in [-0.25, -0.2) is 4.98 Å². The molecule has 0 bridgehead atoms. The number of carbonyl (C=O) groups is 1. The molecule has 0 saturated carbocycles. The number of aromatic nitrogens is 1. The van der Waals surface area contributed by atoms with Crippen molar-refractivity contribution in [3.8, 4) is 5.75 Å². The van der Waals surface area contributed by atoms with Crippen LogP contribution in [0.25, 0.3) is 0 Å². The summed E-state index contributed by atoms with van der Waals surface area (Å²) in [4.78, 5) is 16.9. The third-order valence-corrected chi connectivity index (χ3v) is 4.38. The zero-order valence-electron chi connectivity index (χ0n) is 12.9. The predicted molar refractivity (Wildman–Crippen MR) is 93.2 cm³/mol. The third-order valence-electron chi connectivity index (χ3n) is 3.26. The Morgan fingerprint density at radius 1 is 1.52 bits per heavy atom. The van der Waals surface area contributed by atoms with Gasteiger partial charge in [0.1, 0.15) is 10.8 Å². The summed E-state index contributed by atoms with van der Waals surface area (Å²) < 4.78 is 5.65. The number of nitrogens with zero attached hydrogens (tertiary/aromatic N) is 1. The topological polar surface area (TPSA) is 77.2 Å². The second kappa shape index (κ2) is 8.86. The number of nitrogens with one attached hydrogen (secondary N) is 1. The van der Waals surface area contributed by atoms with Gasteiger partial charge >= 0.3 is 0 Å². The zero-order valence-corrected chi connectivity index (χ0v) is 14.5. The van der Waals surface area contributed by atoms with Crippen LogP contribution < -0.4 is 15.8 Å². The van der Waals surface area contributed by atoms with E-state index in [1.807, 2.05) is 12.3 Å². The molecular weight excluding hydrogens is 334 g/mol. The van der Waals surface area contributed by atoms with E-state index in [0.29, 0.717) is 35.9 Å². The van der Waals surface area contributed by atoms with Crippen LogP contribution in [0.5, 0.6) is 5.75 Å². The number of benzene rings is 1. The first-order valence-electron chi connectivity index (χ1n) is 7.48. The number of rotatable bonds is 8. The first-order chi connectivity index (χ1) is 11.2. The minimum atomic E-state index is -0.202. The van der Waals surface area contributed by atoms with Crippen molar-refractivity contribution in [2.45, 2.75) is 25.8 Å². The quantitative estimate of drug-likeness (QED) is 0.713. The molecule has 0 radical (unpaired) electrons. The molecule has 0 fully saturated rings. The lowest BCUT2D eigenvalue weighted by molar-refractivity contribution is 0.0931. The Hall–Kier alpha value is -1.63. The van der Waals surface area contributed by atoms with Crippen LogP contribution in [0.1, 0.15) is 41.2 Å². The van der Waals surface area contributed by atoms with E-state index in [2.05, 4.69) is 10.3 Å². The van der Waals surface area contributed by atoms with Crippen molar-refractivity contribution < 1.29 is 9.53 Å². The average molecular weight is 354 g/mol. The van der Waals surface area contributed by atoms with E-state index in [4.69, 9.17) is 22.1 Å². The van der Waals surface area contributed by atoms with Gasteiger partial charge in [-0.3, -0.25) is 4.79 Å². The van der Waals surface area contributed by atoms with Gasteiger partial charge in [-0.05, 0) is 37.6 Å². The second-order valence-electron chi connectivity index (χ2n) is 4.94. The Balaban J connectivity index is 2.14. The van der Waals surface area contributed by atoms with Gasteiger partial charge in [-0.15, -0.1) is 11.3 Å². The molecule has 0 aliphatic rings. The smallest absolute Gasteiger partial charge is 0.255 e. The Morgan fingerprint density at radius 2 is 2.35 bits per heavy atom. The number of halogens is 1. The molecule has 1 aromatic carbocycles. The van der Waals surface area contributed by atoms with Crippen molar-refractivity contribution in [3.63, 3.8) is 0 Å². The SMILES string of the molecule is CC[C@H](NC(=O)c1ccc(Cl)cc1OCCCN)c1nccs1. The number of thiazole rings is 1. The van der Waals surface area contributed by atoms with Gasteiger partial charge in [-0.1, -0.05) is 18.5 Å². The molecule has 2 rings (SSSR count). The summed E-state index contributed by atoms with van der Waals surface area (Å²) in [5.74, 6) is 0.268. The van der Waals surface area contributed by atoms with Crippen molar-refractivity contribution >= 4 is 28.8 Å². The molecule has 0 aliphatic heterocycles. The minimum absolute atomic E-state index is 0.116. The van der Waals surface area contributed by atoms with Crippen LogP contribution in [0.2, 0.25) is 5.02 Å². The minimum Gasteiger partial charge on any atom is -0.493 e. The van der Waals surface area contributed by atoms with Crippen molar-refractivity contribution in [1.29, 1.82) is 0 Å². The Bertz CT molecular complexity index is 634. The molecule has 124 valence electrons. The number of carbonyl (C=O) groups excluding carboxylic acids is 1. The molecule has 1 atom stereocenters. The number of amides is 1. The molecule has 0 spiro atoms. The van der Waals surface area contributed by atoms with Crippen molar-refractivity contribution in [1.82, 2.24) is 10.3 Å².